The van der Waals surface area contributed by atoms with Crippen molar-refractivity contribution in [2.24, 2.45) is 0 Å². The van der Waals surface area contributed by atoms with Gasteiger partial charge in [-0.1, -0.05) is 6.42 Å². The van der Waals surface area contributed by atoms with E-state index in [2.05, 4.69) is 27.5 Å². The zero-order valence-corrected chi connectivity index (χ0v) is 12.8. The van der Waals surface area contributed by atoms with Gasteiger partial charge in [-0.15, -0.1) is 0 Å². The SMILES string of the molecule is Cc1n[nH]c(C)c1CNC(=O)CC[C@@H]1CCCCN1C. The van der Waals surface area contributed by atoms with Crippen molar-refractivity contribution in [1.82, 2.24) is 20.4 Å². The molecule has 5 nitrogen and oxygen atoms in total. The molecule has 1 saturated heterocycles. The van der Waals surface area contributed by atoms with Crippen LogP contribution in [0, 0.1) is 13.8 Å². The second-order valence-electron chi connectivity index (χ2n) is 5.86. The molecule has 1 atom stereocenters. The Labute approximate surface area is 121 Å². The fourth-order valence-electron chi connectivity index (χ4n) is 2.92. The first-order valence-electron chi connectivity index (χ1n) is 7.55. The highest BCUT2D eigenvalue weighted by Crippen LogP contribution is 2.19. The van der Waals surface area contributed by atoms with E-state index in [1.54, 1.807) is 0 Å². The van der Waals surface area contributed by atoms with Crippen molar-refractivity contribution in [3.8, 4) is 0 Å². The second-order valence-corrected chi connectivity index (χ2v) is 5.86. The molecule has 1 aromatic heterocycles. The minimum absolute atomic E-state index is 0.143. The average Bonchev–Trinajstić information content (AvgIpc) is 2.75. The van der Waals surface area contributed by atoms with E-state index in [1.807, 2.05) is 13.8 Å². The Morgan fingerprint density at radius 1 is 1.45 bits per heavy atom. The number of aromatic amines is 1. The van der Waals surface area contributed by atoms with Crippen molar-refractivity contribution in [3.63, 3.8) is 0 Å². The summed E-state index contributed by atoms with van der Waals surface area (Å²) in [5.41, 5.74) is 3.11. The van der Waals surface area contributed by atoms with Gasteiger partial charge in [0, 0.05) is 30.3 Å². The zero-order valence-electron chi connectivity index (χ0n) is 12.8. The van der Waals surface area contributed by atoms with Gasteiger partial charge in [-0.2, -0.15) is 5.10 Å². The summed E-state index contributed by atoms with van der Waals surface area (Å²) in [5.74, 6) is 0.143. The first-order valence-corrected chi connectivity index (χ1v) is 7.55. The average molecular weight is 278 g/mol. The lowest BCUT2D eigenvalue weighted by atomic mass is 9.98. The van der Waals surface area contributed by atoms with Crippen molar-refractivity contribution in [3.05, 3.63) is 17.0 Å². The van der Waals surface area contributed by atoms with Gasteiger partial charge in [-0.05, 0) is 46.7 Å². The number of nitrogens with one attached hydrogen (secondary N) is 2. The van der Waals surface area contributed by atoms with E-state index in [4.69, 9.17) is 0 Å². The number of hydrogen-bond donors (Lipinski definition) is 2. The number of aromatic nitrogens is 2. The summed E-state index contributed by atoms with van der Waals surface area (Å²) in [7, 11) is 2.17. The van der Waals surface area contributed by atoms with Crippen LogP contribution in [0.2, 0.25) is 0 Å². The van der Waals surface area contributed by atoms with E-state index in [0.717, 1.165) is 23.4 Å². The highest BCUT2D eigenvalue weighted by Gasteiger charge is 2.19. The molecule has 0 aliphatic carbocycles. The first-order chi connectivity index (χ1) is 9.58. The zero-order chi connectivity index (χ0) is 14.5. The molecule has 1 aliphatic rings. The fourth-order valence-corrected chi connectivity index (χ4v) is 2.92. The maximum absolute atomic E-state index is 11.9. The molecule has 1 fully saturated rings. The number of piperidine rings is 1. The summed E-state index contributed by atoms with van der Waals surface area (Å²) in [6.45, 7) is 5.69. The Morgan fingerprint density at radius 2 is 2.25 bits per heavy atom. The minimum atomic E-state index is 0.143. The van der Waals surface area contributed by atoms with Gasteiger partial charge in [-0.25, -0.2) is 0 Å². The van der Waals surface area contributed by atoms with Crippen molar-refractivity contribution in [2.75, 3.05) is 13.6 Å². The first kappa shape index (κ1) is 15.0. The number of carbonyl (C=O) groups is 1. The molecule has 20 heavy (non-hydrogen) atoms. The van der Waals surface area contributed by atoms with Crippen LogP contribution >= 0.6 is 0 Å². The largest absolute Gasteiger partial charge is 0.352 e. The Bertz CT molecular complexity index is 435. The van der Waals surface area contributed by atoms with E-state index in [-0.39, 0.29) is 5.91 Å². The maximum atomic E-state index is 11.9. The van der Waals surface area contributed by atoms with E-state index in [0.29, 0.717) is 19.0 Å². The van der Waals surface area contributed by atoms with Gasteiger partial charge in [0.15, 0.2) is 0 Å². The van der Waals surface area contributed by atoms with Gasteiger partial charge >= 0.3 is 0 Å². The fraction of sp³-hybridized carbons (Fsp3) is 0.733. The van der Waals surface area contributed by atoms with Gasteiger partial charge in [0.1, 0.15) is 0 Å². The number of H-pyrrole nitrogens is 1. The standard InChI is InChI=1S/C15H26N4O/c1-11-14(12(2)18-17-11)10-16-15(20)8-7-13-6-4-5-9-19(13)3/h13H,4-10H2,1-3H3,(H,16,20)(H,17,18)/t13-/m0/s1. The molecular weight excluding hydrogens is 252 g/mol. The second kappa shape index (κ2) is 6.88. The summed E-state index contributed by atoms with van der Waals surface area (Å²) in [6, 6.07) is 0.576. The lowest BCUT2D eigenvalue weighted by Gasteiger charge is -2.32. The van der Waals surface area contributed by atoms with E-state index in [9.17, 15) is 4.79 Å². The molecule has 2 N–H and O–H groups in total. The third kappa shape index (κ3) is 3.82. The van der Waals surface area contributed by atoms with Crippen LogP contribution in [0.15, 0.2) is 0 Å². The quantitative estimate of drug-likeness (QED) is 0.865. The molecular formula is C15H26N4O. The lowest BCUT2D eigenvalue weighted by molar-refractivity contribution is -0.121. The van der Waals surface area contributed by atoms with Gasteiger partial charge in [0.25, 0.3) is 0 Å². The molecule has 0 saturated carbocycles. The number of likely N-dealkylation sites (tertiary alicyclic amines) is 1. The molecule has 0 unspecified atom stereocenters. The van der Waals surface area contributed by atoms with Gasteiger partial charge in [0.05, 0.1) is 5.69 Å². The Balaban J connectivity index is 1.73. The Kier molecular flexibility index (Phi) is 5.17. The third-order valence-electron chi connectivity index (χ3n) is 4.37. The number of aryl methyl sites for hydroxylation is 2. The molecule has 2 rings (SSSR count). The minimum Gasteiger partial charge on any atom is -0.352 e. The van der Waals surface area contributed by atoms with Crippen LogP contribution in [0.5, 0.6) is 0 Å². The molecule has 1 amide bonds. The Hall–Kier alpha value is -1.36. The highest BCUT2D eigenvalue weighted by atomic mass is 16.1. The van der Waals surface area contributed by atoms with Crippen LogP contribution in [-0.4, -0.2) is 40.6 Å². The molecule has 0 spiro atoms. The van der Waals surface area contributed by atoms with Crippen LogP contribution in [0.25, 0.3) is 0 Å². The highest BCUT2D eigenvalue weighted by molar-refractivity contribution is 5.75. The number of carbonyl (C=O) groups excluding carboxylic acids is 1. The van der Waals surface area contributed by atoms with Crippen molar-refractivity contribution >= 4 is 5.91 Å². The number of nitrogens with zero attached hydrogens (tertiary/aromatic N) is 2. The van der Waals surface area contributed by atoms with E-state index >= 15 is 0 Å². The molecule has 1 aliphatic heterocycles. The normalized spacial score (nSPS) is 20.1. The molecule has 0 bridgehead atoms. The van der Waals surface area contributed by atoms with Crippen LogP contribution in [0.1, 0.15) is 49.1 Å². The van der Waals surface area contributed by atoms with Crippen LogP contribution in [0.4, 0.5) is 0 Å². The topological polar surface area (TPSA) is 61.0 Å². The Morgan fingerprint density at radius 3 is 2.90 bits per heavy atom. The lowest BCUT2D eigenvalue weighted by Crippen LogP contribution is -2.37. The summed E-state index contributed by atoms with van der Waals surface area (Å²) in [5, 5.41) is 10.1. The summed E-state index contributed by atoms with van der Waals surface area (Å²) >= 11 is 0. The number of rotatable bonds is 5. The maximum Gasteiger partial charge on any atom is 0.220 e. The van der Waals surface area contributed by atoms with Gasteiger partial charge in [-0.3, -0.25) is 9.89 Å². The number of amides is 1. The summed E-state index contributed by atoms with van der Waals surface area (Å²) < 4.78 is 0. The molecule has 2 heterocycles. The van der Waals surface area contributed by atoms with E-state index in [1.165, 1.54) is 25.8 Å². The van der Waals surface area contributed by atoms with Crippen LogP contribution in [-0.2, 0) is 11.3 Å². The summed E-state index contributed by atoms with van der Waals surface area (Å²) in [6.07, 6.45) is 5.39. The molecule has 1 aromatic rings. The monoisotopic (exact) mass is 278 g/mol. The third-order valence-corrected chi connectivity index (χ3v) is 4.37. The molecule has 0 aromatic carbocycles. The van der Waals surface area contributed by atoms with Gasteiger partial charge in [0.2, 0.25) is 5.91 Å². The summed E-state index contributed by atoms with van der Waals surface area (Å²) in [4.78, 5) is 14.3. The number of hydrogen-bond acceptors (Lipinski definition) is 3. The van der Waals surface area contributed by atoms with Crippen molar-refractivity contribution in [1.29, 1.82) is 0 Å². The van der Waals surface area contributed by atoms with E-state index < -0.39 is 0 Å². The van der Waals surface area contributed by atoms with Crippen molar-refractivity contribution in [2.45, 2.75) is 58.5 Å². The van der Waals surface area contributed by atoms with Crippen LogP contribution in [0.3, 0.4) is 0 Å². The predicted molar refractivity (Wildman–Crippen MR) is 79.4 cm³/mol. The van der Waals surface area contributed by atoms with Gasteiger partial charge < -0.3 is 10.2 Å². The smallest absolute Gasteiger partial charge is 0.220 e. The molecule has 112 valence electrons. The molecule has 0 radical (unpaired) electrons. The van der Waals surface area contributed by atoms with Crippen molar-refractivity contribution < 1.29 is 4.79 Å². The predicted octanol–water partition coefficient (Wildman–Crippen LogP) is 1.91. The molecule has 5 heteroatoms. The van der Waals surface area contributed by atoms with Crippen LogP contribution < -0.4 is 5.32 Å².